The van der Waals surface area contributed by atoms with E-state index in [9.17, 15) is 18.4 Å². The van der Waals surface area contributed by atoms with Crippen molar-refractivity contribution in [1.29, 1.82) is 0 Å². The zero-order valence-electron chi connectivity index (χ0n) is 19.2. The van der Waals surface area contributed by atoms with Gasteiger partial charge in [-0.2, -0.15) is 8.78 Å². The van der Waals surface area contributed by atoms with Crippen LogP contribution in [0.2, 0.25) is 0 Å². The van der Waals surface area contributed by atoms with E-state index in [0.29, 0.717) is 40.8 Å². The molecule has 3 aromatic rings. The van der Waals surface area contributed by atoms with Crippen LogP contribution in [0.5, 0.6) is 17.2 Å². The molecule has 8 nitrogen and oxygen atoms in total. The van der Waals surface area contributed by atoms with Crippen molar-refractivity contribution in [3.8, 4) is 17.2 Å². The average molecular weight is 475 g/mol. The Hall–Kier alpha value is -3.69. The van der Waals surface area contributed by atoms with Gasteiger partial charge in [0.2, 0.25) is 5.91 Å². The maximum Gasteiger partial charge on any atom is 0.387 e. The SMILES string of the molecule is CCC(NC(=O)CCCn1cnc2cc(OC)c(OC)cc2c1=O)c1ccccc1OC(F)F. The zero-order chi connectivity index (χ0) is 24.7. The minimum Gasteiger partial charge on any atom is -0.493 e. The van der Waals surface area contributed by atoms with Crippen LogP contribution in [0.1, 0.15) is 37.8 Å². The number of para-hydroxylation sites is 1. The van der Waals surface area contributed by atoms with E-state index < -0.39 is 12.7 Å². The second kappa shape index (κ2) is 11.4. The molecule has 0 aliphatic rings. The third-order valence-electron chi connectivity index (χ3n) is 5.39. The Morgan fingerprint density at radius 3 is 2.50 bits per heavy atom. The largest absolute Gasteiger partial charge is 0.493 e. The van der Waals surface area contributed by atoms with Gasteiger partial charge in [0.1, 0.15) is 5.75 Å². The van der Waals surface area contributed by atoms with Crippen molar-refractivity contribution in [2.45, 2.75) is 45.4 Å². The van der Waals surface area contributed by atoms with Gasteiger partial charge in [0.25, 0.3) is 5.56 Å². The van der Waals surface area contributed by atoms with Gasteiger partial charge >= 0.3 is 6.61 Å². The fourth-order valence-corrected chi connectivity index (χ4v) is 3.69. The van der Waals surface area contributed by atoms with Gasteiger partial charge in [-0.3, -0.25) is 14.2 Å². The van der Waals surface area contributed by atoms with Gasteiger partial charge in [0.15, 0.2) is 11.5 Å². The molecule has 0 saturated carbocycles. The van der Waals surface area contributed by atoms with Crippen LogP contribution in [0.25, 0.3) is 10.9 Å². The number of amides is 1. The van der Waals surface area contributed by atoms with Crippen molar-refractivity contribution >= 4 is 16.8 Å². The summed E-state index contributed by atoms with van der Waals surface area (Å²) in [5, 5.41) is 3.24. The van der Waals surface area contributed by atoms with Crippen molar-refractivity contribution in [1.82, 2.24) is 14.9 Å². The lowest BCUT2D eigenvalue weighted by Gasteiger charge is -2.20. The zero-order valence-corrected chi connectivity index (χ0v) is 19.2. The van der Waals surface area contributed by atoms with Gasteiger partial charge in [-0.15, -0.1) is 0 Å². The van der Waals surface area contributed by atoms with Crippen molar-refractivity contribution in [3.63, 3.8) is 0 Å². The van der Waals surface area contributed by atoms with E-state index in [1.807, 2.05) is 6.92 Å². The maximum absolute atomic E-state index is 12.9. The molecule has 0 radical (unpaired) electrons. The normalized spacial score (nSPS) is 11.9. The summed E-state index contributed by atoms with van der Waals surface area (Å²) >= 11 is 0. The molecule has 0 spiro atoms. The van der Waals surface area contributed by atoms with E-state index in [-0.39, 0.29) is 30.2 Å². The summed E-state index contributed by atoms with van der Waals surface area (Å²) in [6.07, 6.45) is 2.46. The summed E-state index contributed by atoms with van der Waals surface area (Å²) in [4.78, 5) is 29.7. The lowest BCUT2D eigenvalue weighted by atomic mass is 10.0. The molecule has 10 heteroatoms. The number of methoxy groups -OCH3 is 2. The number of aryl methyl sites for hydroxylation is 1. The molecule has 0 aliphatic carbocycles. The molecule has 0 bridgehead atoms. The van der Waals surface area contributed by atoms with E-state index in [4.69, 9.17) is 9.47 Å². The van der Waals surface area contributed by atoms with Crippen molar-refractivity contribution < 1.29 is 27.8 Å². The molecule has 2 aromatic carbocycles. The second-order valence-corrected chi connectivity index (χ2v) is 7.52. The molecule has 1 N–H and O–H groups in total. The first-order valence-corrected chi connectivity index (χ1v) is 10.8. The lowest BCUT2D eigenvalue weighted by Crippen LogP contribution is -2.29. The summed E-state index contributed by atoms with van der Waals surface area (Å²) < 4.78 is 41.9. The highest BCUT2D eigenvalue weighted by atomic mass is 19.3. The van der Waals surface area contributed by atoms with Gasteiger partial charge < -0.3 is 19.5 Å². The molecular formula is C24H27F2N3O5. The topological polar surface area (TPSA) is 91.7 Å². The molecule has 1 atom stereocenters. The first-order chi connectivity index (χ1) is 16.4. The number of hydrogen-bond donors (Lipinski definition) is 1. The molecule has 0 saturated heterocycles. The fraction of sp³-hybridized carbons (Fsp3) is 0.375. The van der Waals surface area contributed by atoms with E-state index in [1.165, 1.54) is 31.2 Å². The van der Waals surface area contributed by atoms with Crippen molar-refractivity contribution in [3.05, 3.63) is 58.6 Å². The number of alkyl halides is 2. The molecule has 0 aliphatic heterocycles. The number of benzene rings is 2. The first-order valence-electron chi connectivity index (χ1n) is 10.8. The summed E-state index contributed by atoms with van der Waals surface area (Å²) in [7, 11) is 2.99. The predicted molar refractivity (Wildman–Crippen MR) is 123 cm³/mol. The second-order valence-electron chi connectivity index (χ2n) is 7.52. The van der Waals surface area contributed by atoms with Gasteiger partial charge in [-0.05, 0) is 25.0 Å². The molecular weight excluding hydrogens is 448 g/mol. The first kappa shape index (κ1) is 24.9. The standard InChI is InChI=1S/C24H27F2N3O5/c1-4-17(15-8-5-6-9-19(15)34-24(25)26)28-22(30)10-7-11-29-14-27-18-13-21(33-3)20(32-2)12-16(18)23(29)31/h5-6,8-9,12-14,17,24H,4,7,10-11H2,1-3H3,(H,28,30). The van der Waals surface area contributed by atoms with Gasteiger partial charge in [-0.25, -0.2) is 4.98 Å². The number of halogens is 2. The van der Waals surface area contributed by atoms with Crippen LogP contribution in [0, 0.1) is 0 Å². The summed E-state index contributed by atoms with van der Waals surface area (Å²) in [5.41, 5.74) is 0.709. The van der Waals surface area contributed by atoms with Crippen molar-refractivity contribution in [2.24, 2.45) is 0 Å². The molecule has 3 rings (SSSR count). The van der Waals surface area contributed by atoms with Gasteiger partial charge in [-0.1, -0.05) is 25.1 Å². The van der Waals surface area contributed by atoms with Crippen LogP contribution in [0.4, 0.5) is 8.78 Å². The lowest BCUT2D eigenvalue weighted by molar-refractivity contribution is -0.122. The van der Waals surface area contributed by atoms with E-state index in [0.717, 1.165) is 0 Å². The molecule has 1 heterocycles. The third-order valence-corrected chi connectivity index (χ3v) is 5.39. The molecule has 1 aromatic heterocycles. The van der Waals surface area contributed by atoms with Crippen LogP contribution in [-0.2, 0) is 11.3 Å². The Bertz CT molecular complexity index is 1200. The third kappa shape index (κ3) is 5.81. The molecule has 1 unspecified atom stereocenters. The highest BCUT2D eigenvalue weighted by Gasteiger charge is 2.19. The van der Waals surface area contributed by atoms with E-state index in [1.54, 1.807) is 30.3 Å². The Labute approximate surface area is 195 Å². The van der Waals surface area contributed by atoms with Crippen LogP contribution >= 0.6 is 0 Å². The van der Waals surface area contributed by atoms with Crippen LogP contribution in [-0.4, -0.2) is 36.3 Å². The number of hydrogen-bond acceptors (Lipinski definition) is 6. The average Bonchev–Trinajstić information content (AvgIpc) is 2.83. The molecule has 182 valence electrons. The van der Waals surface area contributed by atoms with Crippen LogP contribution < -0.4 is 25.1 Å². The van der Waals surface area contributed by atoms with Crippen LogP contribution in [0.15, 0.2) is 47.5 Å². The Morgan fingerprint density at radius 1 is 1.12 bits per heavy atom. The minimum absolute atomic E-state index is 0.0329. The van der Waals surface area contributed by atoms with Crippen LogP contribution in [0.3, 0.4) is 0 Å². The summed E-state index contributed by atoms with van der Waals surface area (Å²) in [5.74, 6) is 0.674. The molecule has 1 amide bonds. The minimum atomic E-state index is -2.95. The smallest absolute Gasteiger partial charge is 0.387 e. The number of nitrogens with one attached hydrogen (secondary N) is 1. The number of rotatable bonds is 11. The highest BCUT2D eigenvalue weighted by molar-refractivity contribution is 5.81. The molecule has 34 heavy (non-hydrogen) atoms. The predicted octanol–water partition coefficient (Wildman–Crippen LogP) is 4.06. The van der Waals surface area contributed by atoms with E-state index in [2.05, 4.69) is 15.0 Å². The van der Waals surface area contributed by atoms with Gasteiger partial charge in [0.05, 0.1) is 37.5 Å². The van der Waals surface area contributed by atoms with Crippen molar-refractivity contribution in [2.75, 3.05) is 14.2 Å². The number of fused-ring (bicyclic) bond motifs is 1. The Kier molecular flexibility index (Phi) is 8.39. The van der Waals surface area contributed by atoms with Gasteiger partial charge in [0, 0.05) is 24.6 Å². The Morgan fingerprint density at radius 2 is 1.82 bits per heavy atom. The number of nitrogens with zero attached hydrogens (tertiary/aromatic N) is 2. The highest BCUT2D eigenvalue weighted by Crippen LogP contribution is 2.30. The summed E-state index contributed by atoms with van der Waals surface area (Å²) in [6, 6.07) is 9.12. The molecule has 0 fully saturated rings. The quantitative estimate of drug-likeness (QED) is 0.450. The number of aromatic nitrogens is 2. The Balaban J connectivity index is 1.65. The monoisotopic (exact) mass is 475 g/mol. The summed E-state index contributed by atoms with van der Waals surface area (Å²) in [6.45, 7) is -0.830. The fourth-order valence-electron chi connectivity index (χ4n) is 3.69. The number of ether oxygens (including phenoxy) is 3. The van der Waals surface area contributed by atoms with E-state index >= 15 is 0 Å². The number of carbonyl (C=O) groups is 1. The maximum atomic E-state index is 12.9. The number of carbonyl (C=O) groups excluding carboxylic acids is 1.